The molecule has 0 radical (unpaired) electrons. The average molecular weight is 479 g/mol. The number of amides is 2. The molecule has 0 bridgehead atoms. The van der Waals surface area contributed by atoms with Crippen molar-refractivity contribution in [3.63, 3.8) is 0 Å². The lowest BCUT2D eigenvalue weighted by molar-refractivity contribution is -0.137. The number of carboxylic acids is 1. The fourth-order valence-electron chi connectivity index (χ4n) is 4.95. The van der Waals surface area contributed by atoms with Gasteiger partial charge in [0.05, 0.1) is 6.42 Å². The number of rotatable bonds is 10. The molecule has 4 rings (SSSR count). The van der Waals surface area contributed by atoms with Crippen LogP contribution in [0.25, 0.3) is 0 Å². The molecule has 0 spiro atoms. The van der Waals surface area contributed by atoms with Gasteiger partial charge in [0.15, 0.2) is 0 Å². The maximum Gasteiger partial charge on any atom is 0.303 e. The van der Waals surface area contributed by atoms with E-state index in [1.54, 1.807) is 0 Å². The second kappa shape index (κ2) is 11.8. The van der Waals surface area contributed by atoms with Crippen molar-refractivity contribution in [1.29, 1.82) is 0 Å². The molecule has 8 nitrogen and oxygen atoms in total. The number of hydrogen-bond donors (Lipinski definition) is 3. The number of fused-ring (bicyclic) bond motifs is 1. The van der Waals surface area contributed by atoms with Crippen LogP contribution in [0.3, 0.4) is 0 Å². The largest absolute Gasteiger partial charge is 0.481 e. The zero-order valence-corrected chi connectivity index (χ0v) is 20.0. The van der Waals surface area contributed by atoms with Gasteiger partial charge in [-0.15, -0.1) is 0 Å². The van der Waals surface area contributed by atoms with Gasteiger partial charge in [0, 0.05) is 50.1 Å². The van der Waals surface area contributed by atoms with E-state index in [-0.39, 0.29) is 36.6 Å². The second-order valence-corrected chi connectivity index (χ2v) is 9.50. The average Bonchev–Trinajstić information content (AvgIpc) is 3.32. The molecule has 2 amide bonds. The van der Waals surface area contributed by atoms with Crippen LogP contribution in [-0.2, 0) is 27.2 Å². The number of nitrogens with one attached hydrogen (secondary N) is 2. The van der Waals surface area contributed by atoms with Gasteiger partial charge in [-0.05, 0) is 49.3 Å². The zero-order chi connectivity index (χ0) is 24.6. The number of pyridine rings is 1. The molecule has 2 atom stereocenters. The molecule has 2 aliphatic rings. The number of aliphatic carboxylic acids is 1. The van der Waals surface area contributed by atoms with Gasteiger partial charge in [0.25, 0.3) is 0 Å². The van der Waals surface area contributed by atoms with E-state index in [2.05, 4.69) is 22.8 Å². The first-order chi connectivity index (χ1) is 17.0. The molecule has 35 heavy (non-hydrogen) atoms. The van der Waals surface area contributed by atoms with E-state index in [4.69, 9.17) is 4.98 Å². The van der Waals surface area contributed by atoms with Crippen LogP contribution in [-0.4, -0.2) is 58.5 Å². The van der Waals surface area contributed by atoms with E-state index in [1.165, 1.54) is 5.56 Å². The molecule has 3 heterocycles. The summed E-state index contributed by atoms with van der Waals surface area (Å²) in [4.78, 5) is 43.1. The number of hydrogen-bond acceptors (Lipinski definition) is 5. The van der Waals surface area contributed by atoms with Gasteiger partial charge in [-0.3, -0.25) is 14.4 Å². The molecule has 2 aromatic rings. The van der Waals surface area contributed by atoms with Crippen molar-refractivity contribution in [2.45, 2.75) is 63.3 Å². The first-order valence-electron chi connectivity index (χ1n) is 12.5. The number of likely N-dealkylation sites (tertiary alicyclic amines) is 1. The summed E-state index contributed by atoms with van der Waals surface area (Å²) in [5.41, 5.74) is 3.11. The monoisotopic (exact) mass is 478 g/mol. The quantitative estimate of drug-likeness (QED) is 0.484. The highest BCUT2D eigenvalue weighted by Gasteiger charge is 2.28. The van der Waals surface area contributed by atoms with E-state index in [9.17, 15) is 19.5 Å². The van der Waals surface area contributed by atoms with Crippen LogP contribution in [0.2, 0.25) is 0 Å². The van der Waals surface area contributed by atoms with Crippen molar-refractivity contribution >= 4 is 23.6 Å². The van der Waals surface area contributed by atoms with Crippen LogP contribution in [0, 0.1) is 0 Å². The van der Waals surface area contributed by atoms with Gasteiger partial charge in [-0.25, -0.2) is 4.98 Å². The molecule has 0 saturated carbocycles. The van der Waals surface area contributed by atoms with Crippen LogP contribution in [0.4, 0.5) is 5.82 Å². The number of nitrogens with zero attached hydrogens (tertiary/aromatic N) is 2. The SMILES string of the molecule is O=C(O)C[C@H](CC(=O)N[C@@H]1CCN(C(=O)CCCc2ccc3c(n2)NCCC3)C1)c1ccccc1. The van der Waals surface area contributed by atoms with Crippen LogP contribution >= 0.6 is 0 Å². The molecular weight excluding hydrogens is 444 g/mol. The smallest absolute Gasteiger partial charge is 0.303 e. The maximum atomic E-state index is 12.7. The Kier molecular flexibility index (Phi) is 8.34. The Bertz CT molecular complexity index is 1040. The summed E-state index contributed by atoms with van der Waals surface area (Å²) in [6, 6.07) is 13.4. The van der Waals surface area contributed by atoms with Crippen molar-refractivity contribution in [3.05, 3.63) is 59.3 Å². The molecule has 3 N–H and O–H groups in total. The lowest BCUT2D eigenvalue weighted by Crippen LogP contribution is -2.39. The van der Waals surface area contributed by atoms with E-state index in [0.29, 0.717) is 25.9 Å². The molecule has 1 fully saturated rings. The summed E-state index contributed by atoms with van der Waals surface area (Å²) in [6.45, 7) is 2.09. The van der Waals surface area contributed by atoms with Crippen molar-refractivity contribution in [2.75, 3.05) is 25.0 Å². The van der Waals surface area contributed by atoms with Gasteiger partial charge in [0.2, 0.25) is 11.8 Å². The molecule has 0 unspecified atom stereocenters. The van der Waals surface area contributed by atoms with Crippen molar-refractivity contribution < 1.29 is 19.5 Å². The topological polar surface area (TPSA) is 112 Å². The Hall–Kier alpha value is -3.42. The van der Waals surface area contributed by atoms with Crippen LogP contribution in [0.1, 0.15) is 61.3 Å². The number of aryl methyl sites for hydroxylation is 2. The third kappa shape index (κ3) is 7.04. The summed E-state index contributed by atoms with van der Waals surface area (Å²) in [5.74, 6) is -0.389. The fraction of sp³-hybridized carbons (Fsp3) is 0.481. The molecule has 0 aliphatic carbocycles. The van der Waals surface area contributed by atoms with Gasteiger partial charge in [-0.2, -0.15) is 0 Å². The number of benzene rings is 1. The lowest BCUT2D eigenvalue weighted by atomic mass is 9.92. The first-order valence-corrected chi connectivity index (χ1v) is 12.5. The third-order valence-corrected chi connectivity index (χ3v) is 6.81. The summed E-state index contributed by atoms with van der Waals surface area (Å²) < 4.78 is 0. The van der Waals surface area contributed by atoms with Crippen LogP contribution < -0.4 is 10.6 Å². The van der Waals surface area contributed by atoms with Crippen molar-refractivity contribution in [2.24, 2.45) is 0 Å². The highest BCUT2D eigenvalue weighted by Crippen LogP contribution is 2.24. The Labute approximate surface area is 206 Å². The maximum absolute atomic E-state index is 12.7. The lowest BCUT2D eigenvalue weighted by Gasteiger charge is -2.19. The Morgan fingerprint density at radius 2 is 1.97 bits per heavy atom. The van der Waals surface area contributed by atoms with Gasteiger partial charge in [0.1, 0.15) is 5.82 Å². The van der Waals surface area contributed by atoms with E-state index < -0.39 is 5.97 Å². The Morgan fingerprint density at radius 1 is 1.14 bits per heavy atom. The Balaban J connectivity index is 1.20. The fourth-order valence-corrected chi connectivity index (χ4v) is 4.95. The van der Waals surface area contributed by atoms with Gasteiger partial charge in [-0.1, -0.05) is 36.4 Å². The molecule has 2 aliphatic heterocycles. The summed E-state index contributed by atoms with van der Waals surface area (Å²) in [7, 11) is 0. The summed E-state index contributed by atoms with van der Waals surface area (Å²) in [5, 5.41) is 15.6. The van der Waals surface area contributed by atoms with Crippen LogP contribution in [0.5, 0.6) is 0 Å². The van der Waals surface area contributed by atoms with Gasteiger partial charge >= 0.3 is 5.97 Å². The first kappa shape index (κ1) is 24.7. The van der Waals surface area contributed by atoms with E-state index >= 15 is 0 Å². The molecule has 186 valence electrons. The Morgan fingerprint density at radius 3 is 2.77 bits per heavy atom. The van der Waals surface area contributed by atoms with E-state index in [0.717, 1.165) is 49.3 Å². The number of carboxylic acid groups (broad SMARTS) is 1. The minimum absolute atomic E-state index is 0.0954. The summed E-state index contributed by atoms with van der Waals surface area (Å²) in [6.07, 6.45) is 4.89. The number of carbonyl (C=O) groups excluding carboxylic acids is 2. The van der Waals surface area contributed by atoms with Crippen molar-refractivity contribution in [3.8, 4) is 0 Å². The van der Waals surface area contributed by atoms with E-state index in [1.807, 2.05) is 35.2 Å². The second-order valence-electron chi connectivity index (χ2n) is 9.50. The van der Waals surface area contributed by atoms with Gasteiger partial charge < -0.3 is 20.6 Å². The molecule has 1 aromatic carbocycles. The zero-order valence-electron chi connectivity index (χ0n) is 20.0. The molecule has 1 saturated heterocycles. The predicted molar refractivity (Wildman–Crippen MR) is 133 cm³/mol. The predicted octanol–water partition coefficient (Wildman–Crippen LogP) is 3.13. The highest BCUT2D eigenvalue weighted by atomic mass is 16.4. The standard InChI is InChI=1S/C27H34N4O4/c32-24(16-21(17-26(34)35)19-6-2-1-3-7-19)29-23-13-15-31(18-23)25(33)10-4-9-22-12-11-20-8-5-14-28-27(20)30-22/h1-3,6-7,11-12,21,23H,4-5,8-10,13-18H2,(H,28,30)(H,29,32)(H,34,35)/t21-,23+/m0/s1. The number of carbonyl (C=O) groups is 3. The normalized spacial score (nSPS) is 17.8. The molecule has 8 heteroatoms. The molecular formula is C27H34N4O4. The third-order valence-electron chi connectivity index (χ3n) is 6.81. The molecule has 1 aromatic heterocycles. The number of anilines is 1. The number of aromatic nitrogens is 1. The summed E-state index contributed by atoms with van der Waals surface area (Å²) >= 11 is 0. The highest BCUT2D eigenvalue weighted by molar-refractivity contribution is 5.79. The minimum Gasteiger partial charge on any atom is -0.481 e. The minimum atomic E-state index is -0.925. The van der Waals surface area contributed by atoms with Crippen LogP contribution in [0.15, 0.2) is 42.5 Å². The van der Waals surface area contributed by atoms with Crippen molar-refractivity contribution in [1.82, 2.24) is 15.2 Å².